The largest absolute Gasteiger partial charge is 0.356 e. The molecule has 0 aromatic heterocycles. The van der Waals surface area contributed by atoms with E-state index in [9.17, 15) is 13.6 Å². The zero-order valence-electron chi connectivity index (χ0n) is 6.36. The van der Waals surface area contributed by atoms with Gasteiger partial charge in [0.25, 0.3) is 0 Å². The van der Waals surface area contributed by atoms with Gasteiger partial charge in [0.05, 0.1) is 0 Å². The summed E-state index contributed by atoms with van der Waals surface area (Å²) in [6, 6.07) is 0. The zero-order chi connectivity index (χ0) is 8.48. The van der Waals surface area contributed by atoms with E-state index in [2.05, 4.69) is 5.32 Å². The quantitative estimate of drug-likeness (QED) is 0.650. The Hall–Kier alpha value is -0.670. The van der Waals surface area contributed by atoms with Crippen LogP contribution in [0.5, 0.6) is 0 Å². The average Bonchev–Trinajstić information content (AvgIpc) is 2.10. The lowest BCUT2D eigenvalue weighted by Gasteiger charge is -2.13. The molecule has 0 aromatic carbocycles. The second-order valence-corrected chi connectivity index (χ2v) is 3.15. The SMILES string of the molecule is CC(F)(F)CC1CNC(=O)C1. The van der Waals surface area contributed by atoms with E-state index < -0.39 is 5.92 Å². The van der Waals surface area contributed by atoms with Crippen LogP contribution < -0.4 is 5.32 Å². The van der Waals surface area contributed by atoms with Crippen molar-refractivity contribution in [3.05, 3.63) is 0 Å². The van der Waals surface area contributed by atoms with Crippen molar-refractivity contribution in [3.63, 3.8) is 0 Å². The Bertz CT molecular complexity index is 164. The van der Waals surface area contributed by atoms with E-state index in [4.69, 9.17) is 0 Å². The number of hydrogen-bond donors (Lipinski definition) is 1. The molecule has 2 nitrogen and oxygen atoms in total. The summed E-state index contributed by atoms with van der Waals surface area (Å²) in [4.78, 5) is 10.6. The first-order valence-electron chi connectivity index (χ1n) is 3.62. The first kappa shape index (κ1) is 8.43. The molecule has 1 N–H and O–H groups in total. The standard InChI is InChI=1S/C7H11F2NO/c1-7(8,9)3-5-2-6(11)10-4-5/h5H,2-4H2,1H3,(H,10,11). The molecule has 1 rings (SSSR count). The summed E-state index contributed by atoms with van der Waals surface area (Å²) in [5, 5.41) is 2.52. The predicted molar refractivity (Wildman–Crippen MR) is 36.4 cm³/mol. The number of carbonyl (C=O) groups excluding carboxylic acids is 1. The van der Waals surface area contributed by atoms with Gasteiger partial charge in [-0.3, -0.25) is 4.79 Å². The Morgan fingerprint density at radius 1 is 1.73 bits per heavy atom. The number of hydrogen-bond acceptors (Lipinski definition) is 1. The smallest absolute Gasteiger partial charge is 0.245 e. The number of nitrogens with one attached hydrogen (secondary N) is 1. The summed E-state index contributed by atoms with van der Waals surface area (Å²) in [5.41, 5.74) is 0. The van der Waals surface area contributed by atoms with Crippen molar-refractivity contribution < 1.29 is 13.6 Å². The van der Waals surface area contributed by atoms with E-state index in [1.165, 1.54) is 0 Å². The van der Waals surface area contributed by atoms with Crippen LogP contribution in [0.2, 0.25) is 0 Å². The topological polar surface area (TPSA) is 29.1 Å². The fourth-order valence-corrected chi connectivity index (χ4v) is 1.32. The fraction of sp³-hybridized carbons (Fsp3) is 0.857. The highest BCUT2D eigenvalue weighted by atomic mass is 19.3. The van der Waals surface area contributed by atoms with Gasteiger partial charge < -0.3 is 5.32 Å². The maximum absolute atomic E-state index is 12.4. The molecule has 1 heterocycles. The number of alkyl halides is 2. The van der Waals surface area contributed by atoms with Crippen LogP contribution in [0, 0.1) is 5.92 Å². The maximum Gasteiger partial charge on any atom is 0.245 e. The molecule has 0 aromatic rings. The minimum absolute atomic E-state index is 0.112. The van der Waals surface area contributed by atoms with E-state index in [0.717, 1.165) is 6.92 Å². The van der Waals surface area contributed by atoms with Crippen molar-refractivity contribution in [3.8, 4) is 0 Å². The van der Waals surface area contributed by atoms with Gasteiger partial charge in [-0.25, -0.2) is 8.78 Å². The van der Waals surface area contributed by atoms with Crippen molar-refractivity contribution in [1.29, 1.82) is 0 Å². The molecule has 1 fully saturated rings. The molecule has 1 atom stereocenters. The number of amides is 1. The first-order chi connectivity index (χ1) is 4.97. The summed E-state index contributed by atoms with van der Waals surface area (Å²) >= 11 is 0. The molecule has 0 spiro atoms. The van der Waals surface area contributed by atoms with Crippen LogP contribution in [0.4, 0.5) is 8.78 Å². The normalized spacial score (nSPS) is 25.4. The van der Waals surface area contributed by atoms with E-state index in [-0.39, 0.29) is 24.7 Å². The summed E-state index contributed by atoms with van der Waals surface area (Å²) in [7, 11) is 0. The van der Waals surface area contributed by atoms with Crippen LogP contribution in [-0.4, -0.2) is 18.4 Å². The summed E-state index contributed by atoms with van der Waals surface area (Å²) in [5.74, 6) is -2.93. The van der Waals surface area contributed by atoms with E-state index in [1.54, 1.807) is 0 Å². The molecule has 1 aliphatic rings. The van der Waals surface area contributed by atoms with Crippen LogP contribution in [0.25, 0.3) is 0 Å². The summed E-state index contributed by atoms with van der Waals surface area (Å²) < 4.78 is 24.7. The van der Waals surface area contributed by atoms with Crippen LogP contribution in [0.3, 0.4) is 0 Å². The third-order valence-electron chi connectivity index (χ3n) is 1.71. The summed E-state index contributed by atoms with van der Waals surface area (Å²) in [6.07, 6.45) is 0.0647. The third kappa shape index (κ3) is 2.82. The van der Waals surface area contributed by atoms with Gasteiger partial charge in [0.2, 0.25) is 11.8 Å². The Morgan fingerprint density at radius 2 is 2.36 bits per heavy atom. The second kappa shape index (κ2) is 2.75. The Morgan fingerprint density at radius 3 is 2.73 bits per heavy atom. The Balaban J connectivity index is 2.34. The van der Waals surface area contributed by atoms with Gasteiger partial charge in [-0.1, -0.05) is 0 Å². The Labute approximate surface area is 64.0 Å². The minimum atomic E-state index is -2.64. The van der Waals surface area contributed by atoms with Gasteiger partial charge in [-0.15, -0.1) is 0 Å². The first-order valence-corrected chi connectivity index (χ1v) is 3.62. The maximum atomic E-state index is 12.4. The lowest BCUT2D eigenvalue weighted by molar-refractivity contribution is -0.119. The average molecular weight is 163 g/mol. The van der Waals surface area contributed by atoms with Crippen molar-refractivity contribution >= 4 is 5.91 Å². The molecule has 64 valence electrons. The van der Waals surface area contributed by atoms with Gasteiger partial charge in [0.15, 0.2) is 0 Å². The number of rotatable bonds is 2. The molecule has 0 radical (unpaired) electrons. The number of halogens is 2. The van der Waals surface area contributed by atoms with Gasteiger partial charge in [0.1, 0.15) is 0 Å². The second-order valence-electron chi connectivity index (χ2n) is 3.15. The molecule has 4 heteroatoms. The highest BCUT2D eigenvalue weighted by Crippen LogP contribution is 2.26. The predicted octanol–water partition coefficient (Wildman–Crippen LogP) is 1.17. The van der Waals surface area contributed by atoms with Crippen LogP contribution >= 0.6 is 0 Å². The van der Waals surface area contributed by atoms with E-state index in [1.807, 2.05) is 0 Å². The van der Waals surface area contributed by atoms with Crippen LogP contribution in [0.1, 0.15) is 19.8 Å². The molecule has 0 saturated carbocycles. The number of carbonyl (C=O) groups is 1. The fourth-order valence-electron chi connectivity index (χ4n) is 1.32. The lowest BCUT2D eigenvalue weighted by Crippen LogP contribution is -2.18. The lowest BCUT2D eigenvalue weighted by atomic mass is 10.0. The molecule has 1 saturated heterocycles. The molecule has 0 bridgehead atoms. The van der Waals surface area contributed by atoms with E-state index in [0.29, 0.717) is 6.54 Å². The molecule has 1 unspecified atom stereocenters. The van der Waals surface area contributed by atoms with Gasteiger partial charge in [-0.2, -0.15) is 0 Å². The monoisotopic (exact) mass is 163 g/mol. The van der Waals surface area contributed by atoms with Crippen molar-refractivity contribution in [2.45, 2.75) is 25.7 Å². The van der Waals surface area contributed by atoms with Crippen LogP contribution in [0.15, 0.2) is 0 Å². The molecule has 1 aliphatic heterocycles. The molecule has 1 amide bonds. The van der Waals surface area contributed by atoms with Gasteiger partial charge in [-0.05, 0) is 12.8 Å². The minimum Gasteiger partial charge on any atom is -0.356 e. The van der Waals surface area contributed by atoms with Crippen LogP contribution in [-0.2, 0) is 4.79 Å². The molecular formula is C7H11F2NO. The Kier molecular flexibility index (Phi) is 2.11. The van der Waals surface area contributed by atoms with Gasteiger partial charge in [0, 0.05) is 19.4 Å². The highest BCUT2D eigenvalue weighted by molar-refractivity contribution is 5.78. The third-order valence-corrected chi connectivity index (χ3v) is 1.71. The van der Waals surface area contributed by atoms with E-state index >= 15 is 0 Å². The molecule has 0 aliphatic carbocycles. The van der Waals surface area contributed by atoms with Crippen molar-refractivity contribution in [2.75, 3.05) is 6.54 Å². The van der Waals surface area contributed by atoms with Gasteiger partial charge >= 0.3 is 0 Å². The molecule has 11 heavy (non-hydrogen) atoms. The summed E-state index contributed by atoms with van der Waals surface area (Å²) in [6.45, 7) is 1.29. The van der Waals surface area contributed by atoms with Crippen molar-refractivity contribution in [1.82, 2.24) is 5.32 Å². The molecular weight excluding hydrogens is 152 g/mol. The van der Waals surface area contributed by atoms with Crippen molar-refractivity contribution in [2.24, 2.45) is 5.92 Å². The highest BCUT2D eigenvalue weighted by Gasteiger charge is 2.31. The zero-order valence-corrected chi connectivity index (χ0v) is 6.36.